The zero-order chi connectivity index (χ0) is 15.1. The first kappa shape index (κ1) is 15.4. The second-order valence-electron chi connectivity index (χ2n) is 4.51. The summed E-state index contributed by atoms with van der Waals surface area (Å²) in [6.45, 7) is 2.86. The van der Waals surface area contributed by atoms with Gasteiger partial charge in [-0.05, 0) is 24.1 Å². The van der Waals surface area contributed by atoms with Crippen molar-refractivity contribution in [3.05, 3.63) is 40.7 Å². The van der Waals surface area contributed by atoms with E-state index < -0.39 is 0 Å². The van der Waals surface area contributed by atoms with Gasteiger partial charge in [-0.25, -0.2) is 4.39 Å². The number of hydrogen-bond acceptors (Lipinski definition) is 5. The third kappa shape index (κ3) is 5.11. The van der Waals surface area contributed by atoms with E-state index in [9.17, 15) is 9.18 Å². The Balaban J connectivity index is 1.83. The Labute approximate surface area is 126 Å². The minimum absolute atomic E-state index is 0.0628. The van der Waals surface area contributed by atoms with Crippen molar-refractivity contribution in [2.45, 2.75) is 19.8 Å². The fourth-order valence-electron chi connectivity index (χ4n) is 1.66. The molecule has 0 aliphatic rings. The molecule has 0 radical (unpaired) electrons. The van der Waals surface area contributed by atoms with Crippen molar-refractivity contribution in [1.29, 1.82) is 0 Å². The Kier molecular flexibility index (Phi) is 5.62. The van der Waals surface area contributed by atoms with Gasteiger partial charge in [0.25, 0.3) is 0 Å². The van der Waals surface area contributed by atoms with Crippen LogP contribution in [-0.2, 0) is 11.2 Å². The summed E-state index contributed by atoms with van der Waals surface area (Å²) in [6, 6.07) is 6.30. The minimum atomic E-state index is -0.253. The van der Waals surface area contributed by atoms with Crippen LogP contribution in [0.3, 0.4) is 0 Å². The van der Waals surface area contributed by atoms with Crippen molar-refractivity contribution in [1.82, 2.24) is 15.5 Å². The molecule has 0 atom stereocenters. The number of nitrogens with one attached hydrogen (secondary N) is 2. The van der Waals surface area contributed by atoms with Gasteiger partial charge in [-0.15, -0.1) is 10.2 Å². The highest BCUT2D eigenvalue weighted by atomic mass is 32.1. The predicted molar refractivity (Wildman–Crippen MR) is 80.9 cm³/mol. The van der Waals surface area contributed by atoms with Gasteiger partial charge in [-0.3, -0.25) is 4.79 Å². The molecular weight excluding hydrogens is 291 g/mol. The number of anilines is 1. The van der Waals surface area contributed by atoms with Crippen LogP contribution in [0.1, 0.15) is 23.9 Å². The van der Waals surface area contributed by atoms with Crippen LogP contribution in [0.5, 0.6) is 0 Å². The van der Waals surface area contributed by atoms with Crippen LogP contribution in [0.4, 0.5) is 9.52 Å². The van der Waals surface area contributed by atoms with Crippen LogP contribution in [0.2, 0.25) is 0 Å². The highest BCUT2D eigenvalue weighted by Gasteiger charge is 2.07. The molecule has 7 heteroatoms. The third-order valence-electron chi connectivity index (χ3n) is 2.71. The highest BCUT2D eigenvalue weighted by molar-refractivity contribution is 7.15. The van der Waals surface area contributed by atoms with Crippen LogP contribution in [0.25, 0.3) is 0 Å². The molecule has 21 heavy (non-hydrogen) atoms. The van der Waals surface area contributed by atoms with E-state index in [1.807, 2.05) is 6.92 Å². The number of carbonyl (C=O) groups is 1. The zero-order valence-corrected chi connectivity index (χ0v) is 12.5. The molecule has 2 N–H and O–H groups in total. The predicted octanol–water partition coefficient (Wildman–Crippen LogP) is 2.21. The molecule has 0 saturated heterocycles. The van der Waals surface area contributed by atoms with E-state index in [2.05, 4.69) is 20.8 Å². The van der Waals surface area contributed by atoms with Gasteiger partial charge < -0.3 is 10.6 Å². The SMILES string of the molecule is CCCNC(=O)CNc1nnc(Cc2ccc(F)cc2)s1. The standard InChI is InChI=1S/C14H17FN4OS/c1-2-7-16-12(20)9-17-14-19-18-13(21-14)8-10-3-5-11(15)6-4-10/h3-6H,2,7-9H2,1H3,(H,16,20)(H,17,19). The molecule has 1 heterocycles. The average molecular weight is 308 g/mol. The lowest BCUT2D eigenvalue weighted by Gasteiger charge is -2.03. The Bertz CT molecular complexity index is 585. The van der Waals surface area contributed by atoms with Crippen LogP contribution < -0.4 is 10.6 Å². The molecule has 1 aromatic heterocycles. The molecular formula is C14H17FN4OS. The summed E-state index contributed by atoms with van der Waals surface area (Å²) in [6.07, 6.45) is 1.51. The first-order valence-electron chi connectivity index (χ1n) is 6.74. The van der Waals surface area contributed by atoms with Crippen molar-refractivity contribution in [2.75, 3.05) is 18.4 Å². The van der Waals surface area contributed by atoms with Crippen molar-refractivity contribution in [3.8, 4) is 0 Å². The molecule has 0 aliphatic carbocycles. The van der Waals surface area contributed by atoms with Gasteiger partial charge in [0.15, 0.2) is 0 Å². The van der Waals surface area contributed by atoms with E-state index in [0.29, 0.717) is 18.1 Å². The second kappa shape index (κ2) is 7.68. The Morgan fingerprint density at radius 1 is 1.29 bits per heavy atom. The molecule has 0 fully saturated rings. The van der Waals surface area contributed by atoms with Gasteiger partial charge in [0, 0.05) is 13.0 Å². The number of aromatic nitrogens is 2. The molecule has 112 valence electrons. The Hall–Kier alpha value is -2.02. The van der Waals surface area contributed by atoms with Gasteiger partial charge >= 0.3 is 0 Å². The van der Waals surface area contributed by atoms with E-state index in [-0.39, 0.29) is 18.3 Å². The van der Waals surface area contributed by atoms with E-state index in [1.165, 1.54) is 23.5 Å². The van der Waals surface area contributed by atoms with Crippen LogP contribution in [-0.4, -0.2) is 29.2 Å². The third-order valence-corrected chi connectivity index (χ3v) is 3.59. The highest BCUT2D eigenvalue weighted by Crippen LogP contribution is 2.18. The Morgan fingerprint density at radius 3 is 2.76 bits per heavy atom. The number of benzene rings is 1. The van der Waals surface area contributed by atoms with Crippen molar-refractivity contribution >= 4 is 22.4 Å². The number of nitrogens with zero attached hydrogens (tertiary/aromatic N) is 2. The summed E-state index contributed by atoms with van der Waals surface area (Å²) in [5.41, 5.74) is 0.972. The molecule has 5 nitrogen and oxygen atoms in total. The normalized spacial score (nSPS) is 10.4. The van der Waals surface area contributed by atoms with Crippen LogP contribution in [0.15, 0.2) is 24.3 Å². The molecule has 0 aliphatic heterocycles. The molecule has 0 unspecified atom stereocenters. The minimum Gasteiger partial charge on any atom is -0.355 e. The Morgan fingerprint density at radius 2 is 2.05 bits per heavy atom. The molecule has 0 spiro atoms. The summed E-state index contributed by atoms with van der Waals surface area (Å²) in [7, 11) is 0. The first-order chi connectivity index (χ1) is 10.2. The zero-order valence-electron chi connectivity index (χ0n) is 11.7. The van der Waals surface area contributed by atoms with Gasteiger partial charge in [-0.2, -0.15) is 0 Å². The molecule has 2 aromatic rings. The molecule has 0 bridgehead atoms. The second-order valence-corrected chi connectivity index (χ2v) is 5.57. The fraction of sp³-hybridized carbons (Fsp3) is 0.357. The van der Waals surface area contributed by atoms with Crippen LogP contribution in [0, 0.1) is 5.82 Å². The van der Waals surface area contributed by atoms with E-state index in [4.69, 9.17) is 0 Å². The number of rotatable bonds is 7. The lowest BCUT2D eigenvalue weighted by molar-refractivity contribution is -0.119. The molecule has 1 aromatic carbocycles. The van der Waals surface area contributed by atoms with Gasteiger partial charge in [-0.1, -0.05) is 30.4 Å². The van der Waals surface area contributed by atoms with Gasteiger partial charge in [0.2, 0.25) is 11.0 Å². The lowest BCUT2D eigenvalue weighted by atomic mass is 10.2. The summed E-state index contributed by atoms with van der Waals surface area (Å²) in [5, 5.41) is 15.2. The van der Waals surface area contributed by atoms with Gasteiger partial charge in [0.05, 0.1) is 6.54 Å². The monoisotopic (exact) mass is 308 g/mol. The summed E-state index contributed by atoms with van der Waals surface area (Å²) in [5.74, 6) is -0.316. The summed E-state index contributed by atoms with van der Waals surface area (Å²) in [4.78, 5) is 11.5. The lowest BCUT2D eigenvalue weighted by Crippen LogP contribution is -2.30. The topological polar surface area (TPSA) is 66.9 Å². The number of amides is 1. The maximum Gasteiger partial charge on any atom is 0.239 e. The maximum atomic E-state index is 12.8. The van der Waals surface area contributed by atoms with E-state index >= 15 is 0 Å². The first-order valence-corrected chi connectivity index (χ1v) is 7.56. The van der Waals surface area contributed by atoms with E-state index in [0.717, 1.165) is 17.0 Å². The number of halogens is 1. The average Bonchev–Trinajstić information content (AvgIpc) is 2.93. The molecule has 0 saturated carbocycles. The summed E-state index contributed by atoms with van der Waals surface area (Å²) < 4.78 is 12.8. The quantitative estimate of drug-likeness (QED) is 0.823. The van der Waals surface area contributed by atoms with Crippen molar-refractivity contribution in [2.24, 2.45) is 0 Å². The van der Waals surface area contributed by atoms with Crippen molar-refractivity contribution < 1.29 is 9.18 Å². The smallest absolute Gasteiger partial charge is 0.239 e. The van der Waals surface area contributed by atoms with Crippen LogP contribution >= 0.6 is 11.3 Å². The fourth-order valence-corrected chi connectivity index (χ4v) is 2.43. The largest absolute Gasteiger partial charge is 0.355 e. The molecule has 2 rings (SSSR count). The summed E-state index contributed by atoms with van der Waals surface area (Å²) >= 11 is 1.39. The van der Waals surface area contributed by atoms with E-state index in [1.54, 1.807) is 12.1 Å². The van der Waals surface area contributed by atoms with Crippen molar-refractivity contribution in [3.63, 3.8) is 0 Å². The molecule has 1 amide bonds. The van der Waals surface area contributed by atoms with Gasteiger partial charge in [0.1, 0.15) is 10.8 Å². The number of hydrogen-bond donors (Lipinski definition) is 2. The maximum absolute atomic E-state index is 12.8. The number of carbonyl (C=O) groups excluding carboxylic acids is 1.